The largest absolute Gasteiger partial charge is 0.397 e. The minimum Gasteiger partial charge on any atom is -0.397 e. The molecule has 1 aliphatic carbocycles. The highest BCUT2D eigenvalue weighted by atomic mass is 79.9. The third-order valence-electron chi connectivity index (χ3n) is 3.29. The Morgan fingerprint density at radius 2 is 2.05 bits per heavy atom. The molecule has 1 fully saturated rings. The Kier molecular flexibility index (Phi) is 4.67. The van der Waals surface area contributed by atoms with Gasteiger partial charge in [-0.3, -0.25) is 4.72 Å². The molecule has 7 heteroatoms. The lowest BCUT2D eigenvalue weighted by molar-refractivity contribution is 0.385. The number of hydrogen-bond donors (Lipinski definition) is 2. The molecule has 0 unspecified atom stereocenters. The molecule has 1 aromatic rings. The van der Waals surface area contributed by atoms with Crippen molar-refractivity contribution in [2.75, 3.05) is 16.2 Å². The van der Waals surface area contributed by atoms with Gasteiger partial charge in [-0.15, -0.1) is 0 Å². The average Bonchev–Trinajstić information content (AvgIpc) is 2.33. The maximum atomic E-state index is 12.1. The number of sulfonamides is 1. The summed E-state index contributed by atoms with van der Waals surface area (Å²) >= 11 is 3.26. The van der Waals surface area contributed by atoms with E-state index in [1.807, 2.05) is 0 Å². The number of aromatic nitrogens is 1. The number of nitrogens with two attached hydrogens (primary N) is 1. The molecule has 19 heavy (non-hydrogen) atoms. The van der Waals surface area contributed by atoms with Crippen LogP contribution in [0.25, 0.3) is 0 Å². The predicted molar refractivity (Wildman–Crippen MR) is 80.3 cm³/mol. The van der Waals surface area contributed by atoms with Crippen LogP contribution in [-0.2, 0) is 10.0 Å². The van der Waals surface area contributed by atoms with Gasteiger partial charge < -0.3 is 5.73 Å². The number of nitrogens with zero attached hydrogens (tertiary/aromatic N) is 1. The van der Waals surface area contributed by atoms with Crippen LogP contribution in [0.5, 0.6) is 0 Å². The number of nitrogen functional groups attached to an aromatic ring is 1. The monoisotopic (exact) mass is 347 g/mol. The van der Waals surface area contributed by atoms with Crippen LogP contribution < -0.4 is 10.5 Å². The highest BCUT2D eigenvalue weighted by Gasteiger charge is 2.22. The van der Waals surface area contributed by atoms with Crippen LogP contribution in [0.4, 0.5) is 11.5 Å². The van der Waals surface area contributed by atoms with Crippen molar-refractivity contribution in [2.45, 2.75) is 32.1 Å². The normalized spacial score (nSPS) is 17.3. The van der Waals surface area contributed by atoms with Gasteiger partial charge in [-0.1, -0.05) is 19.3 Å². The van der Waals surface area contributed by atoms with E-state index in [1.54, 1.807) is 6.07 Å². The number of nitrogens with one attached hydrogen (secondary N) is 1. The molecule has 1 aliphatic rings. The molecule has 5 nitrogen and oxygen atoms in total. The molecule has 2 rings (SSSR count). The summed E-state index contributed by atoms with van der Waals surface area (Å²) in [5.74, 6) is 0.731. The molecule has 0 spiro atoms. The van der Waals surface area contributed by atoms with E-state index >= 15 is 0 Å². The van der Waals surface area contributed by atoms with Gasteiger partial charge in [0.1, 0.15) is 0 Å². The van der Waals surface area contributed by atoms with Gasteiger partial charge in [-0.25, -0.2) is 13.4 Å². The lowest BCUT2D eigenvalue weighted by atomic mass is 9.91. The minimum absolute atomic E-state index is 0.172. The van der Waals surface area contributed by atoms with Gasteiger partial charge >= 0.3 is 0 Å². The first-order valence-electron chi connectivity index (χ1n) is 6.38. The van der Waals surface area contributed by atoms with Crippen molar-refractivity contribution in [3.63, 3.8) is 0 Å². The quantitative estimate of drug-likeness (QED) is 0.876. The van der Waals surface area contributed by atoms with Gasteiger partial charge in [0.05, 0.1) is 22.1 Å². The molecule has 0 atom stereocenters. The molecule has 1 aromatic heterocycles. The maximum Gasteiger partial charge on any atom is 0.234 e. The van der Waals surface area contributed by atoms with E-state index in [0.717, 1.165) is 25.7 Å². The number of pyridine rings is 1. The van der Waals surface area contributed by atoms with Crippen molar-refractivity contribution in [1.82, 2.24) is 4.98 Å². The second-order valence-corrected chi connectivity index (χ2v) is 7.61. The summed E-state index contributed by atoms with van der Waals surface area (Å²) in [5.41, 5.74) is 6.06. The summed E-state index contributed by atoms with van der Waals surface area (Å²) in [5, 5.41) is 0. The molecule has 0 amide bonds. The van der Waals surface area contributed by atoms with E-state index in [4.69, 9.17) is 5.73 Å². The van der Waals surface area contributed by atoms with Gasteiger partial charge in [-0.2, -0.15) is 0 Å². The third-order valence-corrected chi connectivity index (χ3v) is 5.31. The fourth-order valence-corrected chi connectivity index (χ4v) is 4.47. The number of hydrogen-bond acceptors (Lipinski definition) is 4. The Hall–Kier alpha value is -0.820. The summed E-state index contributed by atoms with van der Waals surface area (Å²) < 4.78 is 27.3. The Balaban J connectivity index is 2.03. The fourth-order valence-electron chi connectivity index (χ4n) is 2.38. The van der Waals surface area contributed by atoms with E-state index in [1.165, 1.54) is 12.6 Å². The second-order valence-electron chi connectivity index (χ2n) is 4.99. The van der Waals surface area contributed by atoms with Crippen molar-refractivity contribution < 1.29 is 8.42 Å². The molecular formula is C12H18BrN3O2S. The molecule has 106 valence electrons. The van der Waals surface area contributed by atoms with Gasteiger partial charge in [0.25, 0.3) is 0 Å². The molecule has 0 aliphatic heterocycles. The van der Waals surface area contributed by atoms with Crippen LogP contribution >= 0.6 is 15.9 Å². The lowest BCUT2D eigenvalue weighted by Gasteiger charge is -2.21. The smallest absolute Gasteiger partial charge is 0.234 e. The van der Waals surface area contributed by atoms with Crippen LogP contribution in [0.3, 0.4) is 0 Å². The van der Waals surface area contributed by atoms with Crippen molar-refractivity contribution in [2.24, 2.45) is 5.92 Å². The van der Waals surface area contributed by atoms with E-state index in [2.05, 4.69) is 25.6 Å². The average molecular weight is 348 g/mol. The van der Waals surface area contributed by atoms with Crippen molar-refractivity contribution in [3.8, 4) is 0 Å². The first-order valence-corrected chi connectivity index (χ1v) is 8.82. The molecule has 0 bridgehead atoms. The number of rotatable bonds is 4. The summed E-state index contributed by atoms with van der Waals surface area (Å²) in [6, 6.07) is 1.63. The molecular weight excluding hydrogens is 330 g/mol. The first kappa shape index (κ1) is 14.6. The van der Waals surface area contributed by atoms with Crippen LogP contribution in [-0.4, -0.2) is 19.2 Å². The molecule has 1 saturated carbocycles. The van der Waals surface area contributed by atoms with Crippen molar-refractivity contribution >= 4 is 37.5 Å². The fraction of sp³-hybridized carbons (Fsp3) is 0.583. The number of halogens is 1. The van der Waals surface area contributed by atoms with Gasteiger partial charge in [0, 0.05) is 0 Å². The van der Waals surface area contributed by atoms with Crippen molar-refractivity contribution in [1.29, 1.82) is 0 Å². The van der Waals surface area contributed by atoms with Gasteiger partial charge in [0.2, 0.25) is 10.0 Å². The molecule has 1 heterocycles. The van der Waals surface area contributed by atoms with Crippen molar-refractivity contribution in [3.05, 3.63) is 16.7 Å². The van der Waals surface area contributed by atoms with Gasteiger partial charge in [0.15, 0.2) is 5.82 Å². The van der Waals surface area contributed by atoms with E-state index in [9.17, 15) is 8.42 Å². The molecule has 3 N–H and O–H groups in total. The Morgan fingerprint density at radius 3 is 2.68 bits per heavy atom. The highest BCUT2D eigenvalue weighted by molar-refractivity contribution is 9.10. The van der Waals surface area contributed by atoms with E-state index in [-0.39, 0.29) is 11.7 Å². The first-order chi connectivity index (χ1) is 8.96. The van der Waals surface area contributed by atoms with Gasteiger partial charge in [-0.05, 0) is 40.8 Å². The minimum atomic E-state index is -3.35. The maximum absolute atomic E-state index is 12.1. The highest BCUT2D eigenvalue weighted by Crippen LogP contribution is 2.27. The Labute approximate surface area is 122 Å². The summed E-state index contributed by atoms with van der Waals surface area (Å²) in [6.45, 7) is 0. The van der Waals surface area contributed by atoms with Crippen LogP contribution in [0.2, 0.25) is 0 Å². The zero-order valence-corrected chi connectivity index (χ0v) is 13.0. The van der Waals surface area contributed by atoms with Crippen LogP contribution in [0.15, 0.2) is 16.7 Å². The SMILES string of the molecule is Nc1cnc(NS(=O)(=O)CC2CCCCC2)c(Br)c1. The summed E-state index contributed by atoms with van der Waals surface area (Å²) in [4.78, 5) is 3.99. The zero-order valence-electron chi connectivity index (χ0n) is 10.6. The van der Waals surface area contributed by atoms with E-state index < -0.39 is 10.0 Å². The Bertz CT molecular complexity index is 542. The zero-order chi connectivity index (χ0) is 13.9. The summed E-state index contributed by atoms with van der Waals surface area (Å²) in [6.07, 6.45) is 6.90. The third kappa shape index (κ3) is 4.35. The second kappa shape index (κ2) is 6.09. The number of anilines is 2. The lowest BCUT2D eigenvalue weighted by Crippen LogP contribution is -2.24. The predicted octanol–water partition coefficient (Wildman–Crippen LogP) is 2.75. The van der Waals surface area contributed by atoms with Crippen LogP contribution in [0.1, 0.15) is 32.1 Å². The standard InChI is InChI=1S/C12H18BrN3O2S/c13-11-6-10(14)7-15-12(11)16-19(17,18)8-9-4-2-1-3-5-9/h6-7,9H,1-5,8,14H2,(H,15,16). The van der Waals surface area contributed by atoms with Crippen LogP contribution in [0, 0.1) is 5.92 Å². The molecule has 0 aromatic carbocycles. The Morgan fingerprint density at radius 1 is 1.37 bits per heavy atom. The topological polar surface area (TPSA) is 85.1 Å². The molecule has 0 radical (unpaired) electrons. The summed E-state index contributed by atoms with van der Waals surface area (Å²) in [7, 11) is -3.35. The van der Waals surface area contributed by atoms with E-state index in [0.29, 0.717) is 16.0 Å². The molecule has 0 saturated heterocycles.